The van der Waals surface area contributed by atoms with E-state index in [0.717, 1.165) is 5.01 Å². The van der Waals surface area contributed by atoms with Gasteiger partial charge in [0.2, 0.25) is 0 Å². The fourth-order valence-corrected chi connectivity index (χ4v) is 0.721. The molecule has 0 aromatic heterocycles. The molecule has 0 saturated carbocycles. The Labute approximate surface area is 88.8 Å². The first kappa shape index (κ1) is 13.3. The third-order valence-corrected chi connectivity index (χ3v) is 1.70. The van der Waals surface area contributed by atoms with Gasteiger partial charge < -0.3 is 9.47 Å². The van der Waals surface area contributed by atoms with Crippen LogP contribution in [-0.2, 0) is 9.47 Å². The van der Waals surface area contributed by atoms with Crippen LogP contribution in [0.1, 0.15) is 13.8 Å². The average molecular weight is 216 g/mol. The van der Waals surface area contributed by atoms with Crippen molar-refractivity contribution in [3.63, 3.8) is 0 Å². The van der Waals surface area contributed by atoms with E-state index in [2.05, 4.69) is 21.5 Å². The molecule has 0 aromatic carbocycles. The highest BCUT2D eigenvalue weighted by Gasteiger charge is 2.21. The number of nitrogens with one attached hydrogen (secondary N) is 1. The molecule has 1 N–H and O–H groups in total. The molecule has 15 heavy (non-hydrogen) atoms. The minimum absolute atomic E-state index is 0.0127. The summed E-state index contributed by atoms with van der Waals surface area (Å²) in [7, 11) is 2.41. The van der Waals surface area contributed by atoms with E-state index in [1.54, 1.807) is 0 Å². The van der Waals surface area contributed by atoms with Gasteiger partial charge in [-0.2, -0.15) is 5.01 Å². The molecule has 0 bridgehead atoms. The van der Waals surface area contributed by atoms with E-state index in [1.165, 1.54) is 14.2 Å². The van der Waals surface area contributed by atoms with Crippen LogP contribution in [0.5, 0.6) is 0 Å². The van der Waals surface area contributed by atoms with E-state index in [4.69, 9.17) is 0 Å². The first-order chi connectivity index (χ1) is 6.93. The number of methoxy groups -OCH3 is 2. The van der Waals surface area contributed by atoms with Crippen molar-refractivity contribution in [3.05, 3.63) is 12.3 Å². The van der Waals surface area contributed by atoms with Gasteiger partial charge in [-0.25, -0.2) is 15.0 Å². The normalized spacial score (nSPS) is 9.40. The molecule has 0 aromatic rings. The summed E-state index contributed by atoms with van der Waals surface area (Å²) in [5, 5.41) is 0.913. The number of hydrogen-bond acceptors (Lipinski definition) is 4. The Bertz CT molecular complexity index is 263. The summed E-state index contributed by atoms with van der Waals surface area (Å²) in [4.78, 5) is 22.2. The Morgan fingerprint density at radius 3 is 2.13 bits per heavy atom. The molecule has 0 aliphatic heterocycles. The molecule has 0 unspecified atom stereocenters. The second kappa shape index (κ2) is 5.90. The second-order valence-electron chi connectivity index (χ2n) is 3.05. The van der Waals surface area contributed by atoms with Gasteiger partial charge >= 0.3 is 12.2 Å². The van der Waals surface area contributed by atoms with Crippen LogP contribution >= 0.6 is 0 Å². The largest absolute Gasteiger partial charge is 0.452 e. The number of ether oxygens (including phenoxy) is 2. The fourth-order valence-electron chi connectivity index (χ4n) is 0.721. The molecule has 6 nitrogen and oxygen atoms in total. The number of allylic oxidation sites excluding steroid dienone is 1. The molecule has 0 aliphatic rings. The predicted molar refractivity (Wildman–Crippen MR) is 53.8 cm³/mol. The van der Waals surface area contributed by atoms with Crippen molar-refractivity contribution >= 4 is 12.2 Å². The number of amides is 2. The predicted octanol–water partition coefficient (Wildman–Crippen LogP) is 1.50. The summed E-state index contributed by atoms with van der Waals surface area (Å²) in [5.74, 6) is -0.0127. The summed E-state index contributed by atoms with van der Waals surface area (Å²) in [5.41, 5.74) is 2.61. The second-order valence-corrected chi connectivity index (χ2v) is 3.05. The zero-order valence-electron chi connectivity index (χ0n) is 9.36. The number of rotatable bonds is 2. The molecule has 0 atom stereocenters. The first-order valence-corrected chi connectivity index (χ1v) is 4.35. The molecule has 0 aliphatic carbocycles. The highest BCUT2D eigenvalue weighted by Crippen LogP contribution is 2.11. The number of hydrazine groups is 1. The van der Waals surface area contributed by atoms with E-state index < -0.39 is 12.2 Å². The van der Waals surface area contributed by atoms with E-state index >= 15 is 0 Å². The summed E-state index contributed by atoms with van der Waals surface area (Å²) in [6, 6.07) is 0. The number of nitrogens with zero attached hydrogens (tertiary/aromatic N) is 1. The Morgan fingerprint density at radius 1 is 1.27 bits per heavy atom. The molecule has 0 spiro atoms. The van der Waals surface area contributed by atoms with Crippen molar-refractivity contribution in [3.8, 4) is 0 Å². The minimum Gasteiger partial charge on any atom is -0.452 e. The zero-order valence-corrected chi connectivity index (χ0v) is 9.36. The lowest BCUT2D eigenvalue weighted by Gasteiger charge is -2.24. The molecule has 0 heterocycles. The Balaban J connectivity index is 4.66. The lowest BCUT2D eigenvalue weighted by molar-refractivity contribution is 0.100. The lowest BCUT2D eigenvalue weighted by atomic mass is 10.1. The zero-order chi connectivity index (χ0) is 12.0. The first-order valence-electron chi connectivity index (χ1n) is 4.35. The van der Waals surface area contributed by atoms with E-state index in [1.807, 2.05) is 13.8 Å². The van der Waals surface area contributed by atoms with Gasteiger partial charge in [-0.15, -0.1) is 0 Å². The van der Waals surface area contributed by atoms with Crippen LogP contribution in [0.25, 0.3) is 0 Å². The van der Waals surface area contributed by atoms with Gasteiger partial charge in [-0.3, -0.25) is 0 Å². The van der Waals surface area contributed by atoms with Crippen LogP contribution in [0.15, 0.2) is 12.3 Å². The van der Waals surface area contributed by atoms with Gasteiger partial charge in [0.25, 0.3) is 0 Å². The molecule has 2 amide bonds. The van der Waals surface area contributed by atoms with Crippen molar-refractivity contribution in [1.82, 2.24) is 10.4 Å². The maximum absolute atomic E-state index is 11.3. The molecule has 0 saturated heterocycles. The molecule has 0 rings (SSSR count). The lowest BCUT2D eigenvalue weighted by Crippen LogP contribution is -2.46. The highest BCUT2D eigenvalue weighted by molar-refractivity contribution is 5.75. The standard InChI is InChI=1S/C9H16N2O4/c1-6(2)7(3)11(9(13)15-5)10-8(12)14-4/h6H,3H2,1-2,4-5H3,(H,10,12). The fraction of sp³-hybridized carbons (Fsp3) is 0.556. The van der Waals surface area contributed by atoms with E-state index in [-0.39, 0.29) is 5.92 Å². The maximum atomic E-state index is 11.3. The molecule has 6 heteroatoms. The van der Waals surface area contributed by atoms with Gasteiger partial charge in [-0.1, -0.05) is 20.4 Å². The third kappa shape index (κ3) is 3.88. The third-order valence-electron chi connectivity index (χ3n) is 1.70. The van der Waals surface area contributed by atoms with Gasteiger partial charge in [0.15, 0.2) is 0 Å². The van der Waals surface area contributed by atoms with Crippen LogP contribution in [0, 0.1) is 5.92 Å². The summed E-state index contributed by atoms with van der Waals surface area (Å²) in [6.07, 6.45) is -1.48. The number of hydrogen-bond donors (Lipinski definition) is 1. The monoisotopic (exact) mass is 216 g/mol. The number of carbonyl (C=O) groups excluding carboxylic acids is 2. The summed E-state index contributed by atoms with van der Waals surface area (Å²) < 4.78 is 8.85. The smallest absolute Gasteiger partial charge is 0.433 e. The van der Waals surface area contributed by atoms with Gasteiger partial charge in [0.05, 0.1) is 14.2 Å². The van der Waals surface area contributed by atoms with Crippen molar-refractivity contribution in [2.24, 2.45) is 5.92 Å². The minimum atomic E-state index is -0.762. The van der Waals surface area contributed by atoms with Crippen LogP contribution in [0.4, 0.5) is 9.59 Å². The van der Waals surface area contributed by atoms with Gasteiger partial charge in [0.1, 0.15) is 0 Å². The van der Waals surface area contributed by atoms with Crippen molar-refractivity contribution < 1.29 is 19.1 Å². The number of carbonyl (C=O) groups is 2. The van der Waals surface area contributed by atoms with E-state index in [9.17, 15) is 9.59 Å². The van der Waals surface area contributed by atoms with E-state index in [0.29, 0.717) is 5.70 Å². The van der Waals surface area contributed by atoms with Crippen molar-refractivity contribution in [2.75, 3.05) is 14.2 Å². The Kier molecular flexibility index (Phi) is 5.22. The summed E-state index contributed by atoms with van der Waals surface area (Å²) in [6.45, 7) is 7.33. The van der Waals surface area contributed by atoms with Crippen LogP contribution in [0.2, 0.25) is 0 Å². The average Bonchev–Trinajstić information content (AvgIpc) is 2.23. The van der Waals surface area contributed by atoms with Crippen molar-refractivity contribution in [1.29, 1.82) is 0 Å². The molecule has 0 radical (unpaired) electrons. The quantitative estimate of drug-likeness (QED) is 0.710. The molecular formula is C9H16N2O4. The van der Waals surface area contributed by atoms with Crippen LogP contribution in [0.3, 0.4) is 0 Å². The molecular weight excluding hydrogens is 200 g/mol. The Morgan fingerprint density at radius 2 is 1.80 bits per heavy atom. The highest BCUT2D eigenvalue weighted by atomic mass is 16.6. The topological polar surface area (TPSA) is 67.9 Å². The SMILES string of the molecule is C=C(C(C)C)N(NC(=O)OC)C(=O)OC. The van der Waals surface area contributed by atoms with Gasteiger partial charge in [0, 0.05) is 5.70 Å². The summed E-state index contributed by atoms with van der Waals surface area (Å²) >= 11 is 0. The van der Waals surface area contributed by atoms with Crippen molar-refractivity contribution in [2.45, 2.75) is 13.8 Å². The maximum Gasteiger partial charge on any atom is 0.433 e. The Hall–Kier alpha value is -1.72. The van der Waals surface area contributed by atoms with Crippen LogP contribution in [-0.4, -0.2) is 31.4 Å². The molecule has 0 fully saturated rings. The molecule has 86 valence electrons. The van der Waals surface area contributed by atoms with Crippen LogP contribution < -0.4 is 5.43 Å². The van der Waals surface area contributed by atoms with Gasteiger partial charge in [-0.05, 0) is 5.92 Å².